The smallest absolute Gasteiger partial charge is 0.239 e. The number of anilines is 1. The number of halogens is 1. The van der Waals surface area contributed by atoms with E-state index in [1.54, 1.807) is 24.3 Å². The summed E-state index contributed by atoms with van der Waals surface area (Å²) in [5.41, 5.74) is 6.76. The Bertz CT molecular complexity index is 778. The molecule has 1 fully saturated rings. The highest BCUT2D eigenvalue weighted by atomic mass is 35.5. The fraction of sp³-hybridized carbons (Fsp3) is 0.294. The summed E-state index contributed by atoms with van der Waals surface area (Å²) in [6.07, 6.45) is 0. The van der Waals surface area contributed by atoms with E-state index in [0.717, 1.165) is 11.4 Å². The summed E-state index contributed by atoms with van der Waals surface area (Å²) in [4.78, 5) is 16.1. The summed E-state index contributed by atoms with van der Waals surface area (Å²) in [5.74, 6) is 0.342. The molecule has 0 unspecified atom stereocenters. The molecule has 1 aliphatic rings. The minimum absolute atomic E-state index is 0.291. The van der Waals surface area contributed by atoms with Crippen molar-refractivity contribution in [3.05, 3.63) is 52.7 Å². The number of primary amides is 1. The van der Waals surface area contributed by atoms with Gasteiger partial charge in [0.1, 0.15) is 12.1 Å². The van der Waals surface area contributed by atoms with Gasteiger partial charge >= 0.3 is 0 Å². The number of nitriles is 1. The quantitative estimate of drug-likeness (QED) is 0.887. The van der Waals surface area contributed by atoms with Crippen molar-refractivity contribution in [2.45, 2.75) is 6.04 Å². The SMILES string of the molecule is N#Cc1ccc(N2CCN([C@H](C(N)=O)c3ccc(Cl)cc3)CC2)nn1. The molecule has 1 saturated heterocycles. The van der Waals surface area contributed by atoms with Crippen LogP contribution in [0.25, 0.3) is 0 Å². The summed E-state index contributed by atoms with van der Waals surface area (Å²) in [6.45, 7) is 2.71. The lowest BCUT2D eigenvalue weighted by molar-refractivity contribution is -0.123. The van der Waals surface area contributed by atoms with Gasteiger partial charge in [0.25, 0.3) is 0 Å². The molecule has 3 rings (SSSR count). The zero-order valence-corrected chi connectivity index (χ0v) is 14.2. The number of nitrogens with two attached hydrogens (primary N) is 1. The third-order valence-electron chi connectivity index (χ3n) is 4.22. The maximum atomic E-state index is 12.0. The minimum atomic E-state index is -0.480. The highest BCUT2D eigenvalue weighted by Crippen LogP contribution is 2.24. The van der Waals surface area contributed by atoms with E-state index >= 15 is 0 Å². The van der Waals surface area contributed by atoms with Crippen LogP contribution < -0.4 is 10.6 Å². The molecule has 2 N–H and O–H groups in total. The number of nitrogens with zero attached hydrogens (tertiary/aromatic N) is 5. The predicted octanol–water partition coefficient (Wildman–Crippen LogP) is 1.35. The van der Waals surface area contributed by atoms with E-state index in [-0.39, 0.29) is 5.91 Å². The van der Waals surface area contributed by atoms with Crippen molar-refractivity contribution in [2.75, 3.05) is 31.1 Å². The molecule has 25 heavy (non-hydrogen) atoms. The number of piperazine rings is 1. The zero-order chi connectivity index (χ0) is 17.8. The fourth-order valence-corrected chi connectivity index (χ4v) is 3.09. The Morgan fingerprint density at radius 2 is 1.80 bits per heavy atom. The molecule has 8 heteroatoms. The summed E-state index contributed by atoms with van der Waals surface area (Å²) in [6, 6.07) is 12.1. The van der Waals surface area contributed by atoms with Crippen LogP contribution in [-0.4, -0.2) is 47.2 Å². The third-order valence-corrected chi connectivity index (χ3v) is 4.48. The van der Waals surface area contributed by atoms with Gasteiger partial charge in [0.15, 0.2) is 11.5 Å². The average molecular weight is 357 g/mol. The Hall–Kier alpha value is -2.69. The largest absolute Gasteiger partial charge is 0.368 e. The summed E-state index contributed by atoms with van der Waals surface area (Å²) < 4.78 is 0. The van der Waals surface area contributed by atoms with Gasteiger partial charge in [0, 0.05) is 31.2 Å². The number of rotatable bonds is 4. The van der Waals surface area contributed by atoms with E-state index < -0.39 is 6.04 Å². The molecule has 1 aliphatic heterocycles. The molecule has 0 radical (unpaired) electrons. The van der Waals surface area contributed by atoms with Crippen molar-refractivity contribution < 1.29 is 4.79 Å². The first-order chi connectivity index (χ1) is 12.1. The third kappa shape index (κ3) is 3.87. The van der Waals surface area contributed by atoms with Crippen molar-refractivity contribution in [3.63, 3.8) is 0 Å². The number of hydrogen-bond acceptors (Lipinski definition) is 6. The molecule has 0 saturated carbocycles. The van der Waals surface area contributed by atoms with E-state index in [1.807, 2.05) is 18.2 Å². The van der Waals surface area contributed by atoms with Crippen LogP contribution in [-0.2, 0) is 4.79 Å². The summed E-state index contributed by atoms with van der Waals surface area (Å²) in [7, 11) is 0. The summed E-state index contributed by atoms with van der Waals surface area (Å²) >= 11 is 5.92. The molecule has 1 atom stereocenters. The predicted molar refractivity (Wildman–Crippen MR) is 93.9 cm³/mol. The first-order valence-electron chi connectivity index (χ1n) is 7.86. The van der Waals surface area contributed by atoms with Crippen molar-refractivity contribution in [3.8, 4) is 6.07 Å². The number of carbonyl (C=O) groups excluding carboxylic acids is 1. The maximum Gasteiger partial charge on any atom is 0.239 e. The number of carbonyl (C=O) groups is 1. The molecule has 1 amide bonds. The normalized spacial score (nSPS) is 16.2. The van der Waals surface area contributed by atoms with Crippen LogP contribution in [0.1, 0.15) is 17.3 Å². The Morgan fingerprint density at radius 3 is 2.32 bits per heavy atom. The molecular formula is C17H17ClN6O. The summed E-state index contributed by atoms with van der Waals surface area (Å²) in [5, 5.41) is 17.3. The Kier molecular flexibility index (Phi) is 5.12. The van der Waals surface area contributed by atoms with Gasteiger partial charge in [-0.15, -0.1) is 10.2 Å². The van der Waals surface area contributed by atoms with Gasteiger partial charge in [0.2, 0.25) is 5.91 Å². The zero-order valence-electron chi connectivity index (χ0n) is 13.5. The Labute approximate surface area is 150 Å². The van der Waals surface area contributed by atoms with Gasteiger partial charge in [-0.3, -0.25) is 9.69 Å². The molecule has 2 aromatic rings. The van der Waals surface area contributed by atoms with Gasteiger partial charge in [-0.25, -0.2) is 0 Å². The molecule has 2 heterocycles. The van der Waals surface area contributed by atoms with Crippen molar-refractivity contribution in [1.29, 1.82) is 5.26 Å². The fourth-order valence-electron chi connectivity index (χ4n) is 2.96. The van der Waals surface area contributed by atoms with E-state index in [9.17, 15) is 4.79 Å². The molecule has 0 bridgehead atoms. The monoisotopic (exact) mass is 356 g/mol. The van der Waals surface area contributed by atoms with Gasteiger partial charge in [-0.1, -0.05) is 23.7 Å². The van der Waals surface area contributed by atoms with Crippen LogP contribution in [0.5, 0.6) is 0 Å². The van der Waals surface area contributed by atoms with Crippen LogP contribution in [0.2, 0.25) is 5.02 Å². The van der Waals surface area contributed by atoms with Crippen molar-refractivity contribution >= 4 is 23.3 Å². The van der Waals surface area contributed by atoms with E-state index in [1.165, 1.54) is 0 Å². The second kappa shape index (κ2) is 7.47. The maximum absolute atomic E-state index is 12.0. The van der Waals surface area contributed by atoms with E-state index in [0.29, 0.717) is 36.9 Å². The van der Waals surface area contributed by atoms with Crippen LogP contribution in [0.4, 0.5) is 5.82 Å². The molecule has 128 valence electrons. The lowest BCUT2D eigenvalue weighted by Gasteiger charge is -2.38. The second-order valence-electron chi connectivity index (χ2n) is 5.77. The average Bonchev–Trinajstić information content (AvgIpc) is 2.64. The Morgan fingerprint density at radius 1 is 1.12 bits per heavy atom. The van der Waals surface area contributed by atoms with Gasteiger partial charge in [-0.2, -0.15) is 5.26 Å². The van der Waals surface area contributed by atoms with E-state index in [2.05, 4.69) is 20.0 Å². The highest BCUT2D eigenvalue weighted by molar-refractivity contribution is 6.30. The van der Waals surface area contributed by atoms with E-state index in [4.69, 9.17) is 22.6 Å². The van der Waals surface area contributed by atoms with Gasteiger partial charge < -0.3 is 10.6 Å². The molecule has 1 aromatic heterocycles. The highest BCUT2D eigenvalue weighted by Gasteiger charge is 2.29. The van der Waals surface area contributed by atoms with Crippen LogP contribution >= 0.6 is 11.6 Å². The lowest BCUT2D eigenvalue weighted by Crippen LogP contribution is -2.50. The number of amides is 1. The number of aromatic nitrogens is 2. The topological polar surface area (TPSA) is 99.1 Å². The van der Waals surface area contributed by atoms with Gasteiger partial charge in [0.05, 0.1) is 0 Å². The minimum Gasteiger partial charge on any atom is -0.368 e. The lowest BCUT2D eigenvalue weighted by atomic mass is 10.0. The number of benzene rings is 1. The number of hydrogen-bond donors (Lipinski definition) is 1. The van der Waals surface area contributed by atoms with Crippen LogP contribution in [0, 0.1) is 11.3 Å². The first kappa shape index (κ1) is 17.1. The molecule has 7 nitrogen and oxygen atoms in total. The van der Waals surface area contributed by atoms with Gasteiger partial charge in [-0.05, 0) is 29.8 Å². The van der Waals surface area contributed by atoms with Crippen molar-refractivity contribution in [2.24, 2.45) is 5.73 Å². The second-order valence-corrected chi connectivity index (χ2v) is 6.20. The van der Waals surface area contributed by atoms with Crippen LogP contribution in [0.3, 0.4) is 0 Å². The van der Waals surface area contributed by atoms with Crippen LogP contribution in [0.15, 0.2) is 36.4 Å². The molecule has 0 spiro atoms. The first-order valence-corrected chi connectivity index (χ1v) is 8.24. The molecular weight excluding hydrogens is 340 g/mol. The molecule has 1 aromatic carbocycles. The Balaban J connectivity index is 1.70. The van der Waals surface area contributed by atoms with Crippen molar-refractivity contribution in [1.82, 2.24) is 15.1 Å². The standard InChI is InChI=1S/C17H17ClN6O/c18-13-3-1-12(2-4-13)16(17(20)25)24-9-7-23(8-10-24)15-6-5-14(11-19)21-22-15/h1-6,16H,7-10H2,(H2,20,25)/t16-/m0/s1. The molecule has 0 aliphatic carbocycles.